The van der Waals surface area contributed by atoms with Gasteiger partial charge in [0, 0.05) is 24.2 Å². The Labute approximate surface area is 173 Å². The molecule has 2 aromatic carbocycles. The quantitative estimate of drug-likeness (QED) is 0.758. The summed E-state index contributed by atoms with van der Waals surface area (Å²) in [5.74, 6) is 0.226. The molecule has 1 N–H and O–H groups in total. The SMILES string of the molecule is CSc1ccc(CN(C)C(=O)C[NH+]2CCN(c3cccc(C)c3C)CC2)cc1. The van der Waals surface area contributed by atoms with E-state index in [0.29, 0.717) is 13.1 Å². The number of aryl methyl sites for hydroxylation is 1. The summed E-state index contributed by atoms with van der Waals surface area (Å²) >= 11 is 1.74. The minimum Gasteiger partial charge on any atom is -0.360 e. The number of thioether (sulfide) groups is 1. The van der Waals surface area contributed by atoms with E-state index in [9.17, 15) is 4.79 Å². The molecule has 1 aliphatic rings. The van der Waals surface area contributed by atoms with E-state index < -0.39 is 0 Å². The Kier molecular flexibility index (Phi) is 7.03. The van der Waals surface area contributed by atoms with Gasteiger partial charge in [0.25, 0.3) is 5.91 Å². The Hall–Kier alpha value is -1.98. The molecular weight excluding hydrogens is 366 g/mol. The van der Waals surface area contributed by atoms with Crippen LogP contribution in [0.2, 0.25) is 0 Å². The molecule has 0 atom stereocenters. The number of carbonyl (C=O) groups is 1. The highest BCUT2D eigenvalue weighted by Crippen LogP contribution is 2.22. The fraction of sp³-hybridized carbons (Fsp3) is 0.435. The van der Waals surface area contributed by atoms with Crippen molar-refractivity contribution in [1.29, 1.82) is 0 Å². The lowest BCUT2D eigenvalue weighted by molar-refractivity contribution is -0.892. The Morgan fingerprint density at radius 2 is 1.79 bits per heavy atom. The van der Waals surface area contributed by atoms with Crippen LogP contribution in [0.1, 0.15) is 16.7 Å². The Balaban J connectivity index is 1.49. The molecule has 0 aliphatic carbocycles. The first-order valence-corrected chi connectivity index (χ1v) is 11.2. The van der Waals surface area contributed by atoms with Gasteiger partial charge in [-0.2, -0.15) is 0 Å². The summed E-state index contributed by atoms with van der Waals surface area (Å²) in [5.41, 5.74) is 5.24. The second-order valence-electron chi connectivity index (χ2n) is 7.73. The number of hydrogen-bond acceptors (Lipinski definition) is 3. The molecule has 3 rings (SSSR count). The molecule has 0 aromatic heterocycles. The number of benzene rings is 2. The van der Waals surface area contributed by atoms with E-state index in [1.807, 2.05) is 11.9 Å². The normalized spacial score (nSPS) is 14.9. The smallest absolute Gasteiger partial charge is 0.277 e. The number of amides is 1. The number of nitrogens with zero attached hydrogens (tertiary/aromatic N) is 2. The summed E-state index contributed by atoms with van der Waals surface area (Å²) in [6, 6.07) is 15.0. The summed E-state index contributed by atoms with van der Waals surface area (Å²) in [6.45, 7) is 9.66. The van der Waals surface area contributed by atoms with Crippen molar-refractivity contribution < 1.29 is 9.69 Å². The molecule has 5 heteroatoms. The highest BCUT2D eigenvalue weighted by Gasteiger charge is 2.24. The van der Waals surface area contributed by atoms with Crippen molar-refractivity contribution in [2.45, 2.75) is 25.3 Å². The number of nitrogens with one attached hydrogen (secondary N) is 1. The third kappa shape index (κ3) is 5.09. The van der Waals surface area contributed by atoms with E-state index in [-0.39, 0.29) is 5.91 Å². The molecule has 0 bridgehead atoms. The van der Waals surface area contributed by atoms with Crippen LogP contribution in [0.4, 0.5) is 5.69 Å². The van der Waals surface area contributed by atoms with Gasteiger partial charge in [0.05, 0.1) is 26.2 Å². The van der Waals surface area contributed by atoms with Gasteiger partial charge in [-0.1, -0.05) is 24.3 Å². The van der Waals surface area contributed by atoms with Crippen LogP contribution in [0.3, 0.4) is 0 Å². The largest absolute Gasteiger partial charge is 0.360 e. The highest BCUT2D eigenvalue weighted by molar-refractivity contribution is 7.98. The van der Waals surface area contributed by atoms with Crippen molar-refractivity contribution in [2.75, 3.05) is 50.9 Å². The zero-order valence-corrected chi connectivity index (χ0v) is 18.3. The third-order valence-corrected chi connectivity index (χ3v) is 6.54. The van der Waals surface area contributed by atoms with Gasteiger partial charge in [0.15, 0.2) is 6.54 Å². The van der Waals surface area contributed by atoms with E-state index in [4.69, 9.17) is 0 Å². The molecule has 1 saturated heterocycles. The molecule has 4 nitrogen and oxygen atoms in total. The fourth-order valence-corrected chi connectivity index (χ4v) is 4.17. The Morgan fingerprint density at radius 1 is 1.11 bits per heavy atom. The van der Waals surface area contributed by atoms with Crippen LogP contribution in [0.5, 0.6) is 0 Å². The second kappa shape index (κ2) is 9.48. The molecule has 1 fully saturated rings. The molecular formula is C23H32N3OS+. The number of anilines is 1. The number of hydrogen-bond donors (Lipinski definition) is 1. The number of likely N-dealkylation sites (N-methyl/N-ethyl adjacent to an activating group) is 1. The Bertz CT molecular complexity index is 798. The van der Waals surface area contributed by atoms with Gasteiger partial charge >= 0.3 is 0 Å². The van der Waals surface area contributed by atoms with Gasteiger partial charge in [-0.3, -0.25) is 4.79 Å². The summed E-state index contributed by atoms with van der Waals surface area (Å²) in [5, 5.41) is 0. The van der Waals surface area contributed by atoms with Gasteiger partial charge in [-0.25, -0.2) is 0 Å². The molecule has 0 spiro atoms. The average molecular weight is 399 g/mol. The van der Waals surface area contributed by atoms with Crippen molar-refractivity contribution in [3.8, 4) is 0 Å². The molecule has 1 heterocycles. The Morgan fingerprint density at radius 3 is 2.43 bits per heavy atom. The first-order chi connectivity index (χ1) is 13.5. The minimum absolute atomic E-state index is 0.226. The molecule has 150 valence electrons. The molecule has 2 aromatic rings. The summed E-state index contributed by atoms with van der Waals surface area (Å²) in [7, 11) is 1.91. The van der Waals surface area contributed by atoms with E-state index in [1.54, 1.807) is 11.8 Å². The van der Waals surface area contributed by atoms with Crippen LogP contribution in [0, 0.1) is 13.8 Å². The number of piperazine rings is 1. The first-order valence-electron chi connectivity index (χ1n) is 9.99. The zero-order valence-electron chi connectivity index (χ0n) is 17.5. The third-order valence-electron chi connectivity index (χ3n) is 5.79. The van der Waals surface area contributed by atoms with Gasteiger partial charge in [0.2, 0.25) is 0 Å². The monoisotopic (exact) mass is 398 g/mol. The lowest BCUT2D eigenvalue weighted by Crippen LogP contribution is -3.15. The van der Waals surface area contributed by atoms with Crippen LogP contribution in [0.25, 0.3) is 0 Å². The molecule has 28 heavy (non-hydrogen) atoms. The van der Waals surface area contributed by atoms with Crippen molar-refractivity contribution in [3.05, 3.63) is 59.2 Å². The van der Waals surface area contributed by atoms with Gasteiger partial charge in [-0.15, -0.1) is 11.8 Å². The predicted octanol–water partition coefficient (Wildman–Crippen LogP) is 2.39. The maximum atomic E-state index is 12.7. The molecule has 1 aliphatic heterocycles. The van der Waals surface area contributed by atoms with Crippen molar-refractivity contribution in [2.24, 2.45) is 0 Å². The summed E-state index contributed by atoms with van der Waals surface area (Å²) < 4.78 is 0. The number of carbonyl (C=O) groups excluding carboxylic acids is 1. The van der Waals surface area contributed by atoms with Crippen LogP contribution in [0.15, 0.2) is 47.4 Å². The average Bonchev–Trinajstić information content (AvgIpc) is 2.71. The topological polar surface area (TPSA) is 28.0 Å². The molecule has 0 radical (unpaired) electrons. The van der Waals surface area contributed by atoms with Crippen molar-refractivity contribution >= 4 is 23.4 Å². The summed E-state index contributed by atoms with van der Waals surface area (Å²) in [4.78, 5) is 19.6. The molecule has 0 unspecified atom stereocenters. The summed E-state index contributed by atoms with van der Waals surface area (Å²) in [6.07, 6.45) is 2.08. The lowest BCUT2D eigenvalue weighted by atomic mass is 10.1. The van der Waals surface area contributed by atoms with E-state index in [2.05, 4.69) is 67.5 Å². The molecule has 0 saturated carbocycles. The van der Waals surface area contributed by atoms with Gasteiger partial charge in [0.1, 0.15) is 0 Å². The maximum absolute atomic E-state index is 12.7. The van der Waals surface area contributed by atoms with Crippen molar-refractivity contribution in [3.63, 3.8) is 0 Å². The van der Waals surface area contributed by atoms with Gasteiger partial charge in [-0.05, 0) is 55.0 Å². The fourth-order valence-electron chi connectivity index (χ4n) is 3.76. The predicted molar refractivity (Wildman–Crippen MR) is 118 cm³/mol. The standard InChI is InChI=1S/C23H31N3OS/c1-18-6-5-7-22(19(18)2)26-14-12-25(13-15-26)17-23(27)24(3)16-20-8-10-21(28-4)11-9-20/h5-11H,12-17H2,1-4H3/p+1. The molecule has 1 amide bonds. The number of rotatable bonds is 6. The van der Waals surface area contributed by atoms with E-state index in [0.717, 1.165) is 26.2 Å². The maximum Gasteiger partial charge on any atom is 0.277 e. The van der Waals surface area contributed by atoms with E-state index >= 15 is 0 Å². The van der Waals surface area contributed by atoms with Crippen LogP contribution < -0.4 is 9.80 Å². The highest BCUT2D eigenvalue weighted by atomic mass is 32.2. The first kappa shape index (κ1) is 20.7. The van der Waals surface area contributed by atoms with Crippen LogP contribution in [-0.4, -0.2) is 56.8 Å². The zero-order chi connectivity index (χ0) is 20.1. The van der Waals surface area contributed by atoms with Crippen molar-refractivity contribution in [1.82, 2.24) is 4.90 Å². The van der Waals surface area contributed by atoms with Gasteiger partial charge < -0.3 is 14.7 Å². The van der Waals surface area contributed by atoms with Crippen LogP contribution >= 0.6 is 11.8 Å². The van der Waals surface area contributed by atoms with Crippen LogP contribution in [-0.2, 0) is 11.3 Å². The van der Waals surface area contributed by atoms with E-state index in [1.165, 1.54) is 32.2 Å². The minimum atomic E-state index is 0.226. The number of quaternary nitrogens is 1. The lowest BCUT2D eigenvalue weighted by Gasteiger charge is -2.35. The second-order valence-corrected chi connectivity index (χ2v) is 8.61.